The standard InChI is InChI=1S/C17H20N2O/c1-17(2)12-19(11-13-6-4-3-5-7-13)15-9-8-14(18)10-16(15)20-17/h3-10H,11-12,18H2,1-2H3. The Kier molecular flexibility index (Phi) is 3.05. The molecule has 104 valence electrons. The van der Waals surface area contributed by atoms with E-state index in [1.165, 1.54) is 5.56 Å². The summed E-state index contributed by atoms with van der Waals surface area (Å²) < 4.78 is 6.05. The van der Waals surface area contributed by atoms with Crippen molar-refractivity contribution in [2.24, 2.45) is 0 Å². The van der Waals surface area contributed by atoms with Gasteiger partial charge in [0, 0.05) is 18.3 Å². The number of hydrogen-bond acceptors (Lipinski definition) is 3. The smallest absolute Gasteiger partial charge is 0.145 e. The summed E-state index contributed by atoms with van der Waals surface area (Å²) in [5.41, 5.74) is 8.81. The lowest BCUT2D eigenvalue weighted by molar-refractivity contribution is 0.104. The molecule has 0 spiro atoms. The summed E-state index contributed by atoms with van der Waals surface area (Å²) in [7, 11) is 0. The fourth-order valence-electron chi connectivity index (χ4n) is 2.69. The van der Waals surface area contributed by atoms with Crippen LogP contribution in [-0.2, 0) is 6.54 Å². The largest absolute Gasteiger partial charge is 0.484 e. The Labute approximate surface area is 120 Å². The second-order valence-electron chi connectivity index (χ2n) is 5.93. The number of nitrogen functional groups attached to an aromatic ring is 1. The maximum absolute atomic E-state index is 6.05. The Morgan fingerprint density at radius 2 is 1.90 bits per heavy atom. The third kappa shape index (κ3) is 2.57. The van der Waals surface area contributed by atoms with Crippen molar-refractivity contribution < 1.29 is 4.74 Å². The van der Waals surface area contributed by atoms with Crippen LogP contribution >= 0.6 is 0 Å². The van der Waals surface area contributed by atoms with Crippen LogP contribution in [0, 0.1) is 0 Å². The van der Waals surface area contributed by atoms with Crippen molar-refractivity contribution in [2.75, 3.05) is 17.2 Å². The zero-order valence-corrected chi connectivity index (χ0v) is 12.0. The lowest BCUT2D eigenvalue weighted by Gasteiger charge is -2.41. The lowest BCUT2D eigenvalue weighted by atomic mass is 10.0. The third-order valence-electron chi connectivity index (χ3n) is 3.50. The average Bonchev–Trinajstić information content (AvgIpc) is 2.38. The van der Waals surface area contributed by atoms with Gasteiger partial charge in [-0.2, -0.15) is 0 Å². The quantitative estimate of drug-likeness (QED) is 0.848. The number of fused-ring (bicyclic) bond motifs is 1. The number of ether oxygens (including phenoxy) is 1. The molecule has 1 heterocycles. The van der Waals surface area contributed by atoms with Crippen molar-refractivity contribution in [1.29, 1.82) is 0 Å². The zero-order chi connectivity index (χ0) is 14.2. The van der Waals surface area contributed by atoms with Gasteiger partial charge in [0.1, 0.15) is 11.4 Å². The van der Waals surface area contributed by atoms with Gasteiger partial charge in [0.15, 0.2) is 0 Å². The third-order valence-corrected chi connectivity index (χ3v) is 3.50. The number of anilines is 2. The van der Waals surface area contributed by atoms with E-state index in [9.17, 15) is 0 Å². The van der Waals surface area contributed by atoms with Crippen molar-refractivity contribution in [3.05, 3.63) is 54.1 Å². The lowest BCUT2D eigenvalue weighted by Crippen LogP contribution is -2.46. The molecule has 2 aromatic carbocycles. The summed E-state index contributed by atoms with van der Waals surface area (Å²) in [6.07, 6.45) is 0. The van der Waals surface area contributed by atoms with Crippen LogP contribution in [0.1, 0.15) is 19.4 Å². The average molecular weight is 268 g/mol. The van der Waals surface area contributed by atoms with Gasteiger partial charge >= 0.3 is 0 Å². The molecule has 0 radical (unpaired) electrons. The van der Waals surface area contributed by atoms with E-state index in [4.69, 9.17) is 10.5 Å². The van der Waals surface area contributed by atoms with Crippen LogP contribution in [0.25, 0.3) is 0 Å². The van der Waals surface area contributed by atoms with E-state index in [0.717, 1.165) is 30.2 Å². The molecule has 1 aliphatic heterocycles. The molecule has 1 aliphatic rings. The predicted molar refractivity (Wildman–Crippen MR) is 83.1 cm³/mol. The Balaban J connectivity index is 1.95. The van der Waals surface area contributed by atoms with Crippen LogP contribution in [0.5, 0.6) is 5.75 Å². The van der Waals surface area contributed by atoms with Gasteiger partial charge in [-0.05, 0) is 31.5 Å². The highest BCUT2D eigenvalue weighted by molar-refractivity contribution is 5.65. The Hall–Kier alpha value is -2.16. The second-order valence-corrected chi connectivity index (χ2v) is 5.93. The maximum Gasteiger partial charge on any atom is 0.145 e. The molecule has 0 aromatic heterocycles. The molecule has 0 amide bonds. The van der Waals surface area contributed by atoms with Crippen LogP contribution < -0.4 is 15.4 Å². The Morgan fingerprint density at radius 3 is 2.65 bits per heavy atom. The van der Waals surface area contributed by atoms with E-state index in [1.807, 2.05) is 24.3 Å². The molecule has 3 nitrogen and oxygen atoms in total. The summed E-state index contributed by atoms with van der Waals surface area (Å²) in [6.45, 7) is 5.96. The molecular weight excluding hydrogens is 248 g/mol. The summed E-state index contributed by atoms with van der Waals surface area (Å²) in [4.78, 5) is 2.35. The highest BCUT2D eigenvalue weighted by atomic mass is 16.5. The van der Waals surface area contributed by atoms with Crippen LogP contribution in [-0.4, -0.2) is 12.1 Å². The molecule has 3 rings (SSSR count). The van der Waals surface area contributed by atoms with E-state index in [-0.39, 0.29) is 5.60 Å². The first-order valence-electron chi connectivity index (χ1n) is 6.91. The monoisotopic (exact) mass is 268 g/mol. The van der Waals surface area contributed by atoms with Crippen LogP contribution in [0.4, 0.5) is 11.4 Å². The molecule has 0 atom stereocenters. The van der Waals surface area contributed by atoms with Gasteiger partial charge in [0.2, 0.25) is 0 Å². The van der Waals surface area contributed by atoms with E-state index in [0.29, 0.717) is 0 Å². The molecule has 0 saturated carbocycles. The molecule has 20 heavy (non-hydrogen) atoms. The molecule has 3 heteroatoms. The van der Waals surface area contributed by atoms with Crippen LogP contribution in [0.15, 0.2) is 48.5 Å². The minimum Gasteiger partial charge on any atom is -0.484 e. The van der Waals surface area contributed by atoms with Gasteiger partial charge in [-0.15, -0.1) is 0 Å². The first-order chi connectivity index (χ1) is 9.53. The normalized spacial score (nSPS) is 16.4. The zero-order valence-electron chi connectivity index (χ0n) is 12.0. The van der Waals surface area contributed by atoms with Gasteiger partial charge in [-0.25, -0.2) is 0 Å². The number of rotatable bonds is 2. The minimum absolute atomic E-state index is 0.213. The van der Waals surface area contributed by atoms with Crippen molar-refractivity contribution >= 4 is 11.4 Å². The van der Waals surface area contributed by atoms with Gasteiger partial charge in [-0.3, -0.25) is 0 Å². The molecule has 2 N–H and O–H groups in total. The van der Waals surface area contributed by atoms with Gasteiger partial charge in [0.25, 0.3) is 0 Å². The highest BCUT2D eigenvalue weighted by Gasteiger charge is 2.31. The van der Waals surface area contributed by atoms with Gasteiger partial charge in [0.05, 0.1) is 12.2 Å². The minimum atomic E-state index is -0.213. The van der Waals surface area contributed by atoms with Crippen molar-refractivity contribution in [1.82, 2.24) is 0 Å². The van der Waals surface area contributed by atoms with Crippen molar-refractivity contribution in [3.8, 4) is 5.75 Å². The molecule has 0 fully saturated rings. The number of hydrogen-bond donors (Lipinski definition) is 1. The number of nitrogens with zero attached hydrogens (tertiary/aromatic N) is 1. The summed E-state index contributed by atoms with van der Waals surface area (Å²) in [5.74, 6) is 0.872. The molecule has 2 aromatic rings. The molecule has 0 aliphatic carbocycles. The van der Waals surface area contributed by atoms with Crippen LogP contribution in [0.3, 0.4) is 0 Å². The second kappa shape index (κ2) is 4.75. The first-order valence-corrected chi connectivity index (χ1v) is 6.91. The molecule has 0 saturated heterocycles. The van der Waals surface area contributed by atoms with Gasteiger partial charge in [-0.1, -0.05) is 30.3 Å². The Morgan fingerprint density at radius 1 is 1.15 bits per heavy atom. The first kappa shape index (κ1) is 12.9. The van der Waals surface area contributed by atoms with Crippen LogP contribution in [0.2, 0.25) is 0 Å². The van der Waals surface area contributed by atoms with Gasteiger partial charge < -0.3 is 15.4 Å². The Bertz CT molecular complexity index is 608. The van der Waals surface area contributed by atoms with E-state index in [1.54, 1.807) is 0 Å². The fourth-order valence-corrected chi connectivity index (χ4v) is 2.69. The van der Waals surface area contributed by atoms with E-state index < -0.39 is 0 Å². The molecular formula is C17H20N2O. The van der Waals surface area contributed by atoms with E-state index >= 15 is 0 Å². The summed E-state index contributed by atoms with van der Waals surface area (Å²) in [6, 6.07) is 16.4. The van der Waals surface area contributed by atoms with E-state index in [2.05, 4.69) is 43.0 Å². The predicted octanol–water partition coefficient (Wildman–Crippen LogP) is 3.45. The fraction of sp³-hybridized carbons (Fsp3) is 0.294. The number of nitrogens with two attached hydrogens (primary N) is 1. The summed E-state index contributed by atoms with van der Waals surface area (Å²) >= 11 is 0. The van der Waals surface area contributed by atoms with Crippen molar-refractivity contribution in [3.63, 3.8) is 0 Å². The number of benzene rings is 2. The molecule has 0 unspecified atom stereocenters. The molecule has 0 bridgehead atoms. The summed E-state index contributed by atoms with van der Waals surface area (Å²) in [5, 5.41) is 0. The SMILES string of the molecule is CC1(C)CN(Cc2ccccc2)c2ccc(N)cc2O1. The highest BCUT2D eigenvalue weighted by Crippen LogP contribution is 2.38. The topological polar surface area (TPSA) is 38.5 Å². The maximum atomic E-state index is 6.05. The van der Waals surface area contributed by atoms with Crippen molar-refractivity contribution in [2.45, 2.75) is 26.0 Å².